The molecular formula is C9H9F2NOS. The molecule has 0 aromatic heterocycles. The number of rotatable bonds is 2. The maximum Gasteiger partial charge on any atom is 0.174 e. The highest BCUT2D eigenvalue weighted by molar-refractivity contribution is 8.00. The molecule has 0 saturated carbocycles. The molecule has 76 valence electrons. The van der Waals surface area contributed by atoms with Crippen molar-refractivity contribution in [1.82, 2.24) is 0 Å². The Hall–Kier alpha value is -0.810. The van der Waals surface area contributed by atoms with Gasteiger partial charge in [0.25, 0.3) is 0 Å². The highest BCUT2D eigenvalue weighted by Gasteiger charge is 2.23. The lowest BCUT2D eigenvalue weighted by Gasteiger charge is -2.25. The predicted octanol–water partition coefficient (Wildman–Crippen LogP) is 2.04. The largest absolute Gasteiger partial charge is 0.398 e. The highest BCUT2D eigenvalue weighted by Crippen LogP contribution is 2.35. The van der Waals surface area contributed by atoms with Gasteiger partial charge in [-0.05, 0) is 12.1 Å². The Kier molecular flexibility index (Phi) is 2.60. The fourth-order valence-corrected chi connectivity index (χ4v) is 2.18. The maximum absolute atomic E-state index is 13.3. The lowest BCUT2D eigenvalue weighted by molar-refractivity contribution is 0.0455. The standard InChI is InChI=1S/C9H9F2NOS/c10-6-1-2-7(12)9(8(6)11)14-5-3-13-4-5/h1-2,5H,3-4,12H2. The third kappa shape index (κ3) is 1.69. The van der Waals surface area contributed by atoms with Crippen LogP contribution in [-0.2, 0) is 4.74 Å². The molecule has 1 aromatic carbocycles. The number of anilines is 1. The molecular weight excluding hydrogens is 208 g/mol. The van der Waals surface area contributed by atoms with Crippen LogP contribution in [0.25, 0.3) is 0 Å². The van der Waals surface area contributed by atoms with Crippen LogP contribution in [0.5, 0.6) is 0 Å². The average Bonchev–Trinajstić information content (AvgIpc) is 2.09. The number of hydrogen-bond acceptors (Lipinski definition) is 3. The van der Waals surface area contributed by atoms with Crippen molar-refractivity contribution in [2.24, 2.45) is 0 Å². The van der Waals surface area contributed by atoms with Crippen LogP contribution < -0.4 is 5.73 Å². The van der Waals surface area contributed by atoms with Crippen molar-refractivity contribution in [2.75, 3.05) is 18.9 Å². The molecule has 1 saturated heterocycles. The molecule has 1 fully saturated rings. The van der Waals surface area contributed by atoms with Crippen molar-refractivity contribution in [3.05, 3.63) is 23.8 Å². The summed E-state index contributed by atoms with van der Waals surface area (Å²) in [7, 11) is 0. The molecule has 0 atom stereocenters. The monoisotopic (exact) mass is 217 g/mol. The molecule has 1 heterocycles. The van der Waals surface area contributed by atoms with Gasteiger partial charge in [-0.3, -0.25) is 0 Å². The van der Waals surface area contributed by atoms with E-state index in [0.29, 0.717) is 13.2 Å². The second-order valence-electron chi connectivity index (χ2n) is 3.06. The summed E-state index contributed by atoms with van der Waals surface area (Å²) in [5.41, 5.74) is 5.83. The summed E-state index contributed by atoms with van der Waals surface area (Å²) in [6.07, 6.45) is 0. The fraction of sp³-hybridized carbons (Fsp3) is 0.333. The molecule has 1 aromatic rings. The molecule has 0 spiro atoms. The molecule has 0 aliphatic carbocycles. The van der Waals surface area contributed by atoms with E-state index in [4.69, 9.17) is 10.5 Å². The normalized spacial score (nSPS) is 16.7. The van der Waals surface area contributed by atoms with Crippen LogP contribution in [0.15, 0.2) is 17.0 Å². The molecule has 14 heavy (non-hydrogen) atoms. The van der Waals surface area contributed by atoms with Gasteiger partial charge in [-0.15, -0.1) is 11.8 Å². The molecule has 1 aliphatic rings. The molecule has 5 heteroatoms. The Morgan fingerprint density at radius 3 is 2.64 bits per heavy atom. The van der Waals surface area contributed by atoms with Gasteiger partial charge in [0.15, 0.2) is 11.6 Å². The fourth-order valence-electron chi connectivity index (χ4n) is 1.12. The van der Waals surface area contributed by atoms with Crippen LogP contribution in [0, 0.1) is 11.6 Å². The SMILES string of the molecule is Nc1ccc(F)c(F)c1SC1COC1. The minimum Gasteiger partial charge on any atom is -0.398 e. The van der Waals surface area contributed by atoms with Crippen molar-refractivity contribution in [2.45, 2.75) is 10.1 Å². The van der Waals surface area contributed by atoms with Gasteiger partial charge in [-0.25, -0.2) is 8.78 Å². The van der Waals surface area contributed by atoms with Crippen LogP contribution in [0.3, 0.4) is 0 Å². The summed E-state index contributed by atoms with van der Waals surface area (Å²) in [6.45, 7) is 1.14. The van der Waals surface area contributed by atoms with Crippen molar-refractivity contribution in [1.29, 1.82) is 0 Å². The van der Waals surface area contributed by atoms with Gasteiger partial charge < -0.3 is 10.5 Å². The number of benzene rings is 1. The first kappa shape index (κ1) is 9.73. The minimum absolute atomic E-state index is 0.189. The van der Waals surface area contributed by atoms with Crippen molar-refractivity contribution >= 4 is 17.4 Å². The van der Waals surface area contributed by atoms with E-state index in [1.165, 1.54) is 17.8 Å². The summed E-state index contributed by atoms with van der Waals surface area (Å²) in [6, 6.07) is 2.41. The lowest BCUT2D eigenvalue weighted by Crippen LogP contribution is -2.30. The van der Waals surface area contributed by atoms with Crippen LogP contribution >= 0.6 is 11.8 Å². The first-order valence-electron chi connectivity index (χ1n) is 4.16. The topological polar surface area (TPSA) is 35.2 Å². The van der Waals surface area contributed by atoms with E-state index >= 15 is 0 Å². The quantitative estimate of drug-likeness (QED) is 0.770. The van der Waals surface area contributed by atoms with Crippen LogP contribution in [-0.4, -0.2) is 18.5 Å². The third-order valence-electron chi connectivity index (χ3n) is 1.97. The zero-order valence-electron chi connectivity index (χ0n) is 7.30. The summed E-state index contributed by atoms with van der Waals surface area (Å²) >= 11 is 1.23. The summed E-state index contributed by atoms with van der Waals surface area (Å²) < 4.78 is 31.1. The molecule has 0 bridgehead atoms. The summed E-state index contributed by atoms with van der Waals surface area (Å²) in [5, 5.41) is 0.189. The molecule has 0 unspecified atom stereocenters. The van der Waals surface area contributed by atoms with Gasteiger partial charge in [0.2, 0.25) is 0 Å². The first-order chi connectivity index (χ1) is 6.68. The second-order valence-corrected chi connectivity index (χ2v) is 4.37. The summed E-state index contributed by atoms with van der Waals surface area (Å²) in [5.74, 6) is -1.72. The Labute approximate surface area is 84.4 Å². The van der Waals surface area contributed by atoms with Crippen molar-refractivity contribution in [3.63, 3.8) is 0 Å². The first-order valence-corrected chi connectivity index (χ1v) is 5.04. The number of nitrogen functional groups attached to an aromatic ring is 1. The van der Waals surface area contributed by atoms with E-state index in [2.05, 4.69) is 0 Å². The number of thioether (sulfide) groups is 1. The predicted molar refractivity (Wildman–Crippen MR) is 51.2 cm³/mol. The summed E-state index contributed by atoms with van der Waals surface area (Å²) in [4.78, 5) is 0.193. The smallest absolute Gasteiger partial charge is 0.174 e. The van der Waals surface area contributed by atoms with Gasteiger partial charge >= 0.3 is 0 Å². The van der Waals surface area contributed by atoms with Gasteiger partial charge in [0.1, 0.15) is 0 Å². The lowest BCUT2D eigenvalue weighted by atomic mass is 10.3. The van der Waals surface area contributed by atoms with Crippen molar-refractivity contribution in [3.8, 4) is 0 Å². The molecule has 2 rings (SSSR count). The van der Waals surface area contributed by atoms with Crippen LogP contribution in [0.2, 0.25) is 0 Å². The van der Waals surface area contributed by atoms with Gasteiger partial charge in [-0.1, -0.05) is 0 Å². The number of nitrogens with two attached hydrogens (primary N) is 1. The average molecular weight is 217 g/mol. The van der Waals surface area contributed by atoms with Crippen LogP contribution in [0.4, 0.5) is 14.5 Å². The molecule has 0 radical (unpaired) electrons. The van der Waals surface area contributed by atoms with E-state index in [1.807, 2.05) is 0 Å². The Balaban J connectivity index is 2.25. The van der Waals surface area contributed by atoms with Gasteiger partial charge in [0, 0.05) is 5.69 Å². The third-order valence-corrected chi connectivity index (χ3v) is 3.23. The Morgan fingerprint density at radius 1 is 1.36 bits per heavy atom. The van der Waals surface area contributed by atoms with Crippen LogP contribution in [0.1, 0.15) is 0 Å². The molecule has 0 amide bonds. The number of ether oxygens (including phenoxy) is 1. The maximum atomic E-state index is 13.3. The van der Waals surface area contributed by atoms with Crippen molar-refractivity contribution < 1.29 is 13.5 Å². The van der Waals surface area contributed by atoms with Gasteiger partial charge in [-0.2, -0.15) is 0 Å². The van der Waals surface area contributed by atoms with E-state index in [9.17, 15) is 8.78 Å². The van der Waals surface area contributed by atoms with Gasteiger partial charge in [0.05, 0.1) is 23.4 Å². The number of hydrogen-bond donors (Lipinski definition) is 1. The molecule has 2 N–H and O–H groups in total. The van der Waals surface area contributed by atoms with E-state index in [1.54, 1.807) is 0 Å². The minimum atomic E-state index is -0.859. The van der Waals surface area contributed by atoms with E-state index in [-0.39, 0.29) is 15.8 Å². The van der Waals surface area contributed by atoms with E-state index < -0.39 is 11.6 Å². The Bertz CT molecular complexity index is 355. The molecule has 2 nitrogen and oxygen atoms in total. The number of halogens is 2. The highest BCUT2D eigenvalue weighted by atomic mass is 32.2. The molecule has 1 aliphatic heterocycles. The Morgan fingerprint density at radius 2 is 2.07 bits per heavy atom. The second kappa shape index (κ2) is 3.74. The van der Waals surface area contributed by atoms with E-state index in [0.717, 1.165) is 6.07 Å². The zero-order valence-corrected chi connectivity index (χ0v) is 8.11. The zero-order chi connectivity index (χ0) is 10.1.